The van der Waals surface area contributed by atoms with Crippen molar-refractivity contribution in [2.75, 3.05) is 7.11 Å². The fourth-order valence-electron chi connectivity index (χ4n) is 2.39. The number of methoxy groups -OCH3 is 1. The van der Waals surface area contributed by atoms with Crippen LogP contribution in [0.1, 0.15) is 15.9 Å². The lowest BCUT2D eigenvalue weighted by Crippen LogP contribution is -2.13. The van der Waals surface area contributed by atoms with E-state index in [2.05, 4.69) is 4.98 Å². The minimum atomic E-state index is -0.543. The molecule has 0 unspecified atom stereocenters. The van der Waals surface area contributed by atoms with Crippen molar-refractivity contribution >= 4 is 16.8 Å². The summed E-state index contributed by atoms with van der Waals surface area (Å²) in [5.74, 6) is 0.449. The lowest BCUT2D eigenvalue weighted by molar-refractivity contribution is 0.0996. The normalized spacial score (nSPS) is 10.5. The Bertz CT molecular complexity index is 857. The minimum Gasteiger partial charge on any atom is -0.497 e. The van der Waals surface area contributed by atoms with Crippen molar-refractivity contribution in [3.05, 3.63) is 65.9 Å². The van der Waals surface area contributed by atoms with E-state index in [9.17, 15) is 4.79 Å². The zero-order chi connectivity index (χ0) is 16.2. The standard InChI is InChI=1S/C18H16N2O3/c1-22-14-7-8-15(18(19)21)16(10-14)23-11-13-5-2-4-12-6-3-9-20-17(12)13/h2-10H,11H2,1H3,(H2,19,21). The topological polar surface area (TPSA) is 74.4 Å². The number of hydrogen-bond donors (Lipinski definition) is 1. The molecule has 0 fully saturated rings. The number of fused-ring (bicyclic) bond motifs is 1. The molecule has 0 aliphatic rings. The van der Waals surface area contributed by atoms with Crippen LogP contribution in [0, 0.1) is 0 Å². The molecule has 0 saturated heterocycles. The van der Waals surface area contributed by atoms with Crippen LogP contribution in [-0.4, -0.2) is 18.0 Å². The number of nitrogens with two attached hydrogens (primary N) is 1. The van der Waals surface area contributed by atoms with E-state index in [0.717, 1.165) is 16.5 Å². The molecule has 0 saturated carbocycles. The summed E-state index contributed by atoms with van der Waals surface area (Å²) in [7, 11) is 1.55. The average Bonchev–Trinajstić information content (AvgIpc) is 2.59. The molecule has 5 heteroatoms. The second-order valence-electron chi connectivity index (χ2n) is 5.01. The molecule has 2 N–H and O–H groups in total. The Balaban J connectivity index is 1.92. The van der Waals surface area contributed by atoms with Gasteiger partial charge in [-0.1, -0.05) is 24.3 Å². The largest absolute Gasteiger partial charge is 0.497 e. The van der Waals surface area contributed by atoms with Crippen molar-refractivity contribution < 1.29 is 14.3 Å². The molecule has 0 atom stereocenters. The fourth-order valence-corrected chi connectivity index (χ4v) is 2.39. The van der Waals surface area contributed by atoms with Crippen molar-refractivity contribution in [2.24, 2.45) is 5.73 Å². The summed E-state index contributed by atoms with van der Waals surface area (Å²) in [6.45, 7) is 0.280. The summed E-state index contributed by atoms with van der Waals surface area (Å²) in [5, 5.41) is 1.04. The SMILES string of the molecule is COc1ccc(C(N)=O)c(OCc2cccc3cccnc23)c1. The molecular weight excluding hydrogens is 292 g/mol. The van der Waals surface area contributed by atoms with Gasteiger partial charge in [-0.15, -0.1) is 0 Å². The van der Waals surface area contributed by atoms with E-state index in [1.54, 1.807) is 31.5 Å². The number of nitrogens with zero attached hydrogens (tertiary/aromatic N) is 1. The van der Waals surface area contributed by atoms with Gasteiger partial charge in [0.05, 0.1) is 18.2 Å². The fraction of sp³-hybridized carbons (Fsp3) is 0.111. The number of carbonyl (C=O) groups is 1. The Labute approximate surface area is 133 Å². The molecule has 0 bridgehead atoms. The van der Waals surface area contributed by atoms with Crippen LogP contribution >= 0.6 is 0 Å². The zero-order valence-corrected chi connectivity index (χ0v) is 12.7. The molecule has 3 rings (SSSR count). The third-order valence-electron chi connectivity index (χ3n) is 3.55. The van der Waals surface area contributed by atoms with Crippen LogP contribution in [0.25, 0.3) is 10.9 Å². The molecule has 0 radical (unpaired) electrons. The van der Waals surface area contributed by atoms with E-state index in [4.69, 9.17) is 15.2 Å². The summed E-state index contributed by atoms with van der Waals surface area (Å²) in [6, 6.07) is 14.7. The van der Waals surface area contributed by atoms with Crippen LogP contribution in [0.5, 0.6) is 11.5 Å². The molecule has 0 aliphatic heterocycles. The summed E-state index contributed by atoms with van der Waals surface area (Å²) in [6.07, 6.45) is 1.74. The third kappa shape index (κ3) is 3.08. The molecule has 23 heavy (non-hydrogen) atoms. The zero-order valence-electron chi connectivity index (χ0n) is 12.7. The predicted molar refractivity (Wildman–Crippen MR) is 87.6 cm³/mol. The van der Waals surface area contributed by atoms with Gasteiger partial charge >= 0.3 is 0 Å². The average molecular weight is 308 g/mol. The smallest absolute Gasteiger partial charge is 0.252 e. The monoisotopic (exact) mass is 308 g/mol. The number of hydrogen-bond acceptors (Lipinski definition) is 4. The van der Waals surface area contributed by atoms with Crippen LogP contribution in [0.15, 0.2) is 54.7 Å². The second-order valence-corrected chi connectivity index (χ2v) is 5.01. The van der Waals surface area contributed by atoms with Gasteiger partial charge in [-0.3, -0.25) is 9.78 Å². The van der Waals surface area contributed by atoms with Crippen molar-refractivity contribution in [3.63, 3.8) is 0 Å². The van der Waals surface area contributed by atoms with Gasteiger partial charge in [0.2, 0.25) is 0 Å². The first-order chi connectivity index (χ1) is 11.2. The Morgan fingerprint density at radius 1 is 1.17 bits per heavy atom. The van der Waals surface area contributed by atoms with Gasteiger partial charge < -0.3 is 15.2 Å². The number of benzene rings is 2. The number of pyridine rings is 1. The van der Waals surface area contributed by atoms with Gasteiger partial charge in [-0.05, 0) is 18.2 Å². The second kappa shape index (κ2) is 6.36. The highest BCUT2D eigenvalue weighted by molar-refractivity contribution is 5.95. The van der Waals surface area contributed by atoms with Crippen molar-refractivity contribution in [2.45, 2.75) is 6.61 Å². The van der Waals surface area contributed by atoms with Crippen LogP contribution < -0.4 is 15.2 Å². The highest BCUT2D eigenvalue weighted by atomic mass is 16.5. The molecule has 0 aliphatic carbocycles. The number of carbonyl (C=O) groups excluding carboxylic acids is 1. The number of amides is 1. The Kier molecular flexibility index (Phi) is 4.10. The molecule has 0 spiro atoms. The first-order valence-electron chi connectivity index (χ1n) is 7.12. The van der Waals surface area contributed by atoms with Crippen LogP contribution in [0.2, 0.25) is 0 Å². The molecular formula is C18H16N2O3. The first-order valence-corrected chi connectivity index (χ1v) is 7.12. The van der Waals surface area contributed by atoms with Gasteiger partial charge in [0.25, 0.3) is 5.91 Å². The Morgan fingerprint density at radius 2 is 2.00 bits per heavy atom. The molecule has 2 aromatic carbocycles. The van der Waals surface area contributed by atoms with E-state index < -0.39 is 5.91 Å². The highest BCUT2D eigenvalue weighted by Gasteiger charge is 2.12. The van der Waals surface area contributed by atoms with Gasteiger partial charge in [-0.2, -0.15) is 0 Å². The van der Waals surface area contributed by atoms with Gasteiger partial charge in [0.1, 0.15) is 18.1 Å². The number of rotatable bonds is 5. The van der Waals surface area contributed by atoms with Crippen LogP contribution in [0.4, 0.5) is 0 Å². The number of ether oxygens (including phenoxy) is 2. The molecule has 1 heterocycles. The molecule has 1 aromatic heterocycles. The van der Waals surface area contributed by atoms with Gasteiger partial charge in [0, 0.05) is 23.2 Å². The van der Waals surface area contributed by atoms with Crippen LogP contribution in [0.3, 0.4) is 0 Å². The molecule has 116 valence electrons. The maximum Gasteiger partial charge on any atom is 0.252 e. The first kappa shape index (κ1) is 14.8. The van der Waals surface area contributed by atoms with Crippen LogP contribution in [-0.2, 0) is 6.61 Å². The van der Waals surface area contributed by atoms with E-state index in [-0.39, 0.29) is 6.61 Å². The number of para-hydroxylation sites is 1. The van der Waals surface area contributed by atoms with E-state index in [0.29, 0.717) is 17.1 Å². The molecule has 5 nitrogen and oxygen atoms in total. The van der Waals surface area contributed by atoms with Crippen molar-refractivity contribution in [3.8, 4) is 11.5 Å². The maximum absolute atomic E-state index is 11.5. The Morgan fingerprint density at radius 3 is 2.78 bits per heavy atom. The minimum absolute atomic E-state index is 0.280. The summed E-state index contributed by atoms with van der Waals surface area (Å²) < 4.78 is 11.0. The lowest BCUT2D eigenvalue weighted by Gasteiger charge is -2.12. The molecule has 3 aromatic rings. The predicted octanol–water partition coefficient (Wildman–Crippen LogP) is 2.92. The third-order valence-corrected chi connectivity index (χ3v) is 3.55. The van der Waals surface area contributed by atoms with E-state index >= 15 is 0 Å². The Hall–Kier alpha value is -3.08. The van der Waals surface area contributed by atoms with Crippen molar-refractivity contribution in [1.82, 2.24) is 4.98 Å². The maximum atomic E-state index is 11.5. The highest BCUT2D eigenvalue weighted by Crippen LogP contribution is 2.26. The summed E-state index contributed by atoms with van der Waals surface area (Å²) in [5.41, 5.74) is 7.52. The van der Waals surface area contributed by atoms with Gasteiger partial charge in [-0.25, -0.2) is 0 Å². The summed E-state index contributed by atoms with van der Waals surface area (Å²) >= 11 is 0. The number of aromatic nitrogens is 1. The quantitative estimate of drug-likeness (QED) is 0.786. The lowest BCUT2D eigenvalue weighted by atomic mass is 10.1. The van der Waals surface area contributed by atoms with E-state index in [1.807, 2.05) is 30.3 Å². The van der Waals surface area contributed by atoms with Gasteiger partial charge in [0.15, 0.2) is 0 Å². The molecule has 1 amide bonds. The van der Waals surface area contributed by atoms with Crippen molar-refractivity contribution in [1.29, 1.82) is 0 Å². The summed E-state index contributed by atoms with van der Waals surface area (Å²) in [4.78, 5) is 15.9. The van der Waals surface area contributed by atoms with E-state index in [1.165, 1.54) is 0 Å². The number of primary amides is 1.